The second-order valence-corrected chi connectivity index (χ2v) is 4.78. The normalized spacial score (nSPS) is 12.8. The standard InChI is InChI=1S/C15H21N3O/c1-3-18(11-13-9-16-17(2)10-13)12-15(19)14-7-5-4-6-8-14/h4-10,15,19H,3,11-12H2,1-2H3. The van der Waals surface area contributed by atoms with Gasteiger partial charge in [-0.1, -0.05) is 37.3 Å². The van der Waals surface area contributed by atoms with Crippen molar-refractivity contribution in [1.29, 1.82) is 0 Å². The van der Waals surface area contributed by atoms with E-state index in [9.17, 15) is 5.11 Å². The van der Waals surface area contributed by atoms with Gasteiger partial charge in [-0.2, -0.15) is 5.10 Å². The smallest absolute Gasteiger partial charge is 0.0917 e. The molecule has 1 aromatic heterocycles. The van der Waals surface area contributed by atoms with Crippen LogP contribution >= 0.6 is 0 Å². The van der Waals surface area contributed by atoms with Gasteiger partial charge in [0.25, 0.3) is 0 Å². The predicted molar refractivity (Wildman–Crippen MR) is 75.6 cm³/mol. The Bertz CT molecular complexity index is 495. The van der Waals surface area contributed by atoms with Crippen LogP contribution in [0.4, 0.5) is 0 Å². The van der Waals surface area contributed by atoms with Gasteiger partial charge < -0.3 is 5.11 Å². The zero-order valence-electron chi connectivity index (χ0n) is 11.5. The van der Waals surface area contributed by atoms with E-state index >= 15 is 0 Å². The molecule has 1 atom stereocenters. The van der Waals surface area contributed by atoms with Crippen molar-refractivity contribution in [3.63, 3.8) is 0 Å². The Morgan fingerprint density at radius 2 is 2.05 bits per heavy atom. The van der Waals surface area contributed by atoms with Crippen molar-refractivity contribution in [1.82, 2.24) is 14.7 Å². The van der Waals surface area contributed by atoms with Gasteiger partial charge in [0.2, 0.25) is 0 Å². The third kappa shape index (κ3) is 3.91. The van der Waals surface area contributed by atoms with Crippen LogP contribution in [0.1, 0.15) is 24.2 Å². The molecule has 1 aromatic carbocycles. The number of likely N-dealkylation sites (N-methyl/N-ethyl adjacent to an activating group) is 1. The summed E-state index contributed by atoms with van der Waals surface area (Å²) in [7, 11) is 1.92. The van der Waals surface area contributed by atoms with Crippen molar-refractivity contribution in [2.24, 2.45) is 7.05 Å². The molecule has 4 heteroatoms. The maximum absolute atomic E-state index is 10.2. The molecule has 2 rings (SSSR count). The summed E-state index contributed by atoms with van der Waals surface area (Å²) in [6.07, 6.45) is 3.44. The molecular weight excluding hydrogens is 238 g/mol. The average molecular weight is 259 g/mol. The first-order valence-corrected chi connectivity index (χ1v) is 6.62. The van der Waals surface area contributed by atoms with Gasteiger partial charge in [0, 0.05) is 31.9 Å². The first kappa shape index (κ1) is 13.8. The Labute approximate surface area is 114 Å². The summed E-state index contributed by atoms with van der Waals surface area (Å²) < 4.78 is 1.80. The number of aromatic nitrogens is 2. The van der Waals surface area contributed by atoms with E-state index in [0.717, 1.165) is 18.7 Å². The SMILES string of the molecule is CCN(Cc1cnn(C)c1)CC(O)c1ccccc1. The number of aliphatic hydroxyl groups excluding tert-OH is 1. The maximum atomic E-state index is 10.2. The van der Waals surface area contributed by atoms with E-state index in [1.165, 1.54) is 5.56 Å². The quantitative estimate of drug-likeness (QED) is 0.862. The summed E-state index contributed by atoms with van der Waals surface area (Å²) in [6.45, 7) is 4.45. The maximum Gasteiger partial charge on any atom is 0.0917 e. The van der Waals surface area contributed by atoms with Gasteiger partial charge in [-0.25, -0.2) is 0 Å². The summed E-state index contributed by atoms with van der Waals surface area (Å²) in [4.78, 5) is 2.22. The molecule has 0 bridgehead atoms. The van der Waals surface area contributed by atoms with Crippen molar-refractivity contribution >= 4 is 0 Å². The van der Waals surface area contributed by atoms with Crippen molar-refractivity contribution in [3.05, 3.63) is 53.9 Å². The fraction of sp³-hybridized carbons (Fsp3) is 0.400. The van der Waals surface area contributed by atoms with E-state index in [4.69, 9.17) is 0 Å². The fourth-order valence-electron chi connectivity index (χ4n) is 2.14. The van der Waals surface area contributed by atoms with Crippen LogP contribution in [0.15, 0.2) is 42.7 Å². The van der Waals surface area contributed by atoms with Gasteiger partial charge in [-0.15, -0.1) is 0 Å². The van der Waals surface area contributed by atoms with E-state index in [-0.39, 0.29) is 0 Å². The third-order valence-electron chi connectivity index (χ3n) is 3.23. The van der Waals surface area contributed by atoms with Gasteiger partial charge in [0.05, 0.1) is 12.3 Å². The fourth-order valence-corrected chi connectivity index (χ4v) is 2.14. The van der Waals surface area contributed by atoms with Crippen LogP contribution in [0, 0.1) is 0 Å². The summed E-state index contributed by atoms with van der Waals surface area (Å²) >= 11 is 0. The Morgan fingerprint density at radius 1 is 1.32 bits per heavy atom. The van der Waals surface area contributed by atoms with Gasteiger partial charge >= 0.3 is 0 Å². The molecule has 2 aromatic rings. The van der Waals surface area contributed by atoms with Crippen LogP contribution < -0.4 is 0 Å². The van der Waals surface area contributed by atoms with Crippen LogP contribution in [0.2, 0.25) is 0 Å². The molecule has 0 aliphatic carbocycles. The molecule has 4 nitrogen and oxygen atoms in total. The molecule has 1 N–H and O–H groups in total. The van der Waals surface area contributed by atoms with Crippen LogP contribution in [-0.4, -0.2) is 32.9 Å². The number of aryl methyl sites for hydroxylation is 1. The number of rotatable bonds is 6. The Balaban J connectivity index is 1.95. The van der Waals surface area contributed by atoms with E-state index in [1.54, 1.807) is 4.68 Å². The van der Waals surface area contributed by atoms with Gasteiger partial charge in [0.15, 0.2) is 0 Å². The first-order chi connectivity index (χ1) is 9.19. The third-order valence-corrected chi connectivity index (χ3v) is 3.23. The molecular formula is C15H21N3O. The molecule has 0 fully saturated rings. The molecule has 1 unspecified atom stereocenters. The monoisotopic (exact) mass is 259 g/mol. The predicted octanol–water partition coefficient (Wildman–Crippen LogP) is 1.98. The molecule has 0 aliphatic rings. The second-order valence-electron chi connectivity index (χ2n) is 4.78. The lowest BCUT2D eigenvalue weighted by atomic mass is 10.1. The molecule has 0 spiro atoms. The number of hydrogen-bond acceptors (Lipinski definition) is 3. The molecule has 0 amide bonds. The molecule has 0 aliphatic heterocycles. The lowest BCUT2D eigenvalue weighted by Gasteiger charge is -2.23. The highest BCUT2D eigenvalue weighted by atomic mass is 16.3. The minimum atomic E-state index is -0.446. The first-order valence-electron chi connectivity index (χ1n) is 6.62. The highest BCUT2D eigenvalue weighted by Crippen LogP contribution is 2.15. The van der Waals surface area contributed by atoms with Gasteiger partial charge in [0.1, 0.15) is 0 Å². The zero-order chi connectivity index (χ0) is 13.7. The van der Waals surface area contributed by atoms with Crippen LogP contribution in [-0.2, 0) is 13.6 Å². The van der Waals surface area contributed by atoms with E-state index in [0.29, 0.717) is 6.54 Å². The number of hydrogen-bond donors (Lipinski definition) is 1. The topological polar surface area (TPSA) is 41.3 Å². The summed E-state index contributed by atoms with van der Waals surface area (Å²) in [5, 5.41) is 14.4. The molecule has 102 valence electrons. The Kier molecular flexibility index (Phi) is 4.71. The highest BCUT2D eigenvalue weighted by Gasteiger charge is 2.13. The lowest BCUT2D eigenvalue weighted by Crippen LogP contribution is -2.28. The summed E-state index contributed by atoms with van der Waals surface area (Å²) in [5.41, 5.74) is 2.14. The molecule has 1 heterocycles. The van der Waals surface area contributed by atoms with Crippen molar-refractivity contribution in [2.75, 3.05) is 13.1 Å². The Hall–Kier alpha value is -1.65. The largest absolute Gasteiger partial charge is 0.387 e. The molecule has 0 radical (unpaired) electrons. The Morgan fingerprint density at radius 3 is 2.63 bits per heavy atom. The van der Waals surface area contributed by atoms with Gasteiger partial charge in [-0.05, 0) is 12.1 Å². The molecule has 19 heavy (non-hydrogen) atoms. The van der Waals surface area contributed by atoms with E-state index in [2.05, 4.69) is 16.9 Å². The lowest BCUT2D eigenvalue weighted by molar-refractivity contribution is 0.112. The average Bonchev–Trinajstić information content (AvgIpc) is 2.84. The minimum absolute atomic E-state index is 0.446. The van der Waals surface area contributed by atoms with Crippen molar-refractivity contribution in [3.8, 4) is 0 Å². The van der Waals surface area contributed by atoms with Gasteiger partial charge in [-0.3, -0.25) is 9.58 Å². The second kappa shape index (κ2) is 6.50. The summed E-state index contributed by atoms with van der Waals surface area (Å²) in [6, 6.07) is 9.79. The van der Waals surface area contributed by atoms with Crippen LogP contribution in [0.3, 0.4) is 0 Å². The molecule has 0 saturated heterocycles. The minimum Gasteiger partial charge on any atom is -0.387 e. The van der Waals surface area contributed by atoms with E-state index in [1.807, 2.05) is 49.8 Å². The van der Waals surface area contributed by atoms with Crippen LogP contribution in [0.25, 0.3) is 0 Å². The summed E-state index contributed by atoms with van der Waals surface area (Å²) in [5.74, 6) is 0. The zero-order valence-corrected chi connectivity index (χ0v) is 11.5. The van der Waals surface area contributed by atoms with E-state index < -0.39 is 6.10 Å². The highest BCUT2D eigenvalue weighted by molar-refractivity contribution is 5.17. The number of aliphatic hydroxyl groups is 1. The number of benzene rings is 1. The molecule has 0 saturated carbocycles. The number of nitrogens with zero attached hydrogens (tertiary/aromatic N) is 3. The van der Waals surface area contributed by atoms with Crippen molar-refractivity contribution in [2.45, 2.75) is 19.6 Å². The van der Waals surface area contributed by atoms with Crippen LogP contribution in [0.5, 0.6) is 0 Å². The van der Waals surface area contributed by atoms with Crippen molar-refractivity contribution < 1.29 is 5.11 Å².